The number of nitro groups is 1. The molecule has 19 heavy (non-hydrogen) atoms. The van der Waals surface area contributed by atoms with Crippen LogP contribution in [0.3, 0.4) is 0 Å². The van der Waals surface area contributed by atoms with Crippen LogP contribution in [-0.4, -0.2) is 11.0 Å². The number of nitrogens with two attached hydrogens (primary N) is 1. The molecular weight excluding hydrogens is 244 g/mol. The van der Waals surface area contributed by atoms with Crippen LogP contribution in [0.15, 0.2) is 18.2 Å². The maximum absolute atomic E-state index is 10.9. The van der Waals surface area contributed by atoms with Gasteiger partial charge in [-0.05, 0) is 30.7 Å². The van der Waals surface area contributed by atoms with Gasteiger partial charge in [-0.1, -0.05) is 13.8 Å². The quantitative estimate of drug-likeness (QED) is 0.441. The number of rotatable bonds is 4. The van der Waals surface area contributed by atoms with Crippen LogP contribution in [0.5, 0.6) is 0 Å². The molecule has 1 saturated carbocycles. The standard InChI is InChI=1S/C13H20N4O2/c1-8-3-4-13(9(8)2)15-10-5-11(16-14)7-12(6-10)17(18)19/h5-9,13,15-16H,3-4,14H2,1-2H3. The molecule has 104 valence electrons. The van der Waals surface area contributed by atoms with Crippen molar-refractivity contribution in [3.05, 3.63) is 28.3 Å². The third-order valence-electron chi connectivity index (χ3n) is 4.11. The molecule has 0 heterocycles. The van der Waals surface area contributed by atoms with Crippen molar-refractivity contribution < 1.29 is 4.92 Å². The minimum atomic E-state index is -0.410. The highest BCUT2D eigenvalue weighted by Crippen LogP contribution is 2.34. The SMILES string of the molecule is CC1CCC(Nc2cc(NN)cc([N+](=O)[O-])c2)C1C. The van der Waals surface area contributed by atoms with E-state index in [0.29, 0.717) is 23.6 Å². The van der Waals surface area contributed by atoms with Gasteiger partial charge in [0.25, 0.3) is 5.69 Å². The monoisotopic (exact) mass is 264 g/mol. The predicted molar refractivity (Wildman–Crippen MR) is 75.9 cm³/mol. The number of nitro benzene ring substituents is 1. The third-order valence-corrected chi connectivity index (χ3v) is 4.11. The molecule has 2 rings (SSSR count). The predicted octanol–water partition coefficient (Wildman–Crippen LogP) is 2.73. The maximum Gasteiger partial charge on any atom is 0.273 e. The first-order valence-electron chi connectivity index (χ1n) is 6.54. The Morgan fingerprint density at radius 1 is 1.26 bits per heavy atom. The summed E-state index contributed by atoms with van der Waals surface area (Å²) in [5.74, 6) is 6.59. The first-order valence-corrected chi connectivity index (χ1v) is 6.54. The van der Waals surface area contributed by atoms with Gasteiger partial charge in [-0.3, -0.25) is 16.0 Å². The molecule has 1 aromatic rings. The summed E-state index contributed by atoms with van der Waals surface area (Å²) in [6, 6.07) is 5.13. The van der Waals surface area contributed by atoms with Crippen LogP contribution in [0, 0.1) is 22.0 Å². The summed E-state index contributed by atoms with van der Waals surface area (Å²) in [7, 11) is 0. The highest BCUT2D eigenvalue weighted by Gasteiger charge is 2.29. The molecule has 0 aromatic heterocycles. The molecule has 0 radical (unpaired) electrons. The Bertz CT molecular complexity index is 478. The van der Waals surface area contributed by atoms with Crippen molar-refractivity contribution in [2.75, 3.05) is 10.7 Å². The fourth-order valence-electron chi connectivity index (χ4n) is 2.67. The third kappa shape index (κ3) is 2.96. The Hall–Kier alpha value is -1.82. The Labute approximate surface area is 112 Å². The van der Waals surface area contributed by atoms with E-state index in [1.807, 2.05) is 0 Å². The van der Waals surface area contributed by atoms with E-state index < -0.39 is 4.92 Å². The van der Waals surface area contributed by atoms with Crippen molar-refractivity contribution in [2.24, 2.45) is 17.7 Å². The lowest BCUT2D eigenvalue weighted by atomic mass is 9.97. The number of nitrogen functional groups attached to an aromatic ring is 1. The smallest absolute Gasteiger partial charge is 0.273 e. The van der Waals surface area contributed by atoms with Gasteiger partial charge in [-0.2, -0.15) is 0 Å². The molecule has 1 aliphatic carbocycles. The van der Waals surface area contributed by atoms with Crippen LogP contribution in [-0.2, 0) is 0 Å². The van der Waals surface area contributed by atoms with E-state index >= 15 is 0 Å². The number of non-ortho nitro benzene ring substituents is 1. The summed E-state index contributed by atoms with van der Waals surface area (Å²) in [6.45, 7) is 4.46. The largest absolute Gasteiger partial charge is 0.382 e. The molecule has 0 amide bonds. The lowest BCUT2D eigenvalue weighted by Gasteiger charge is -2.21. The molecule has 6 nitrogen and oxygen atoms in total. The lowest BCUT2D eigenvalue weighted by molar-refractivity contribution is -0.384. The zero-order valence-electron chi connectivity index (χ0n) is 11.2. The van der Waals surface area contributed by atoms with Crippen LogP contribution in [0.4, 0.5) is 17.1 Å². The number of hydrogen-bond donors (Lipinski definition) is 3. The summed E-state index contributed by atoms with van der Waals surface area (Å²) in [4.78, 5) is 10.5. The molecule has 0 saturated heterocycles. The summed E-state index contributed by atoms with van der Waals surface area (Å²) < 4.78 is 0. The average molecular weight is 264 g/mol. The van der Waals surface area contributed by atoms with E-state index in [1.165, 1.54) is 12.5 Å². The number of hydrazine groups is 1. The molecule has 0 spiro atoms. The summed E-state index contributed by atoms with van der Waals surface area (Å²) >= 11 is 0. The second-order valence-electron chi connectivity index (χ2n) is 5.33. The van der Waals surface area contributed by atoms with Gasteiger partial charge in [0.05, 0.1) is 10.6 Å². The van der Waals surface area contributed by atoms with Crippen LogP contribution >= 0.6 is 0 Å². The Morgan fingerprint density at radius 3 is 2.47 bits per heavy atom. The Kier molecular flexibility index (Phi) is 3.90. The van der Waals surface area contributed by atoms with Gasteiger partial charge >= 0.3 is 0 Å². The van der Waals surface area contributed by atoms with Crippen molar-refractivity contribution in [2.45, 2.75) is 32.7 Å². The highest BCUT2D eigenvalue weighted by molar-refractivity contribution is 5.63. The maximum atomic E-state index is 10.9. The van der Waals surface area contributed by atoms with Gasteiger partial charge in [0, 0.05) is 23.9 Å². The van der Waals surface area contributed by atoms with Crippen LogP contribution in [0.1, 0.15) is 26.7 Å². The normalized spacial score (nSPS) is 26.2. The first kappa shape index (κ1) is 13.6. The molecule has 4 N–H and O–H groups in total. The minimum absolute atomic E-state index is 0.0386. The van der Waals surface area contributed by atoms with Gasteiger partial charge in [0.2, 0.25) is 0 Å². The molecule has 1 aliphatic rings. The fraction of sp³-hybridized carbons (Fsp3) is 0.538. The summed E-state index contributed by atoms with van der Waals surface area (Å²) in [5.41, 5.74) is 3.78. The van der Waals surface area contributed by atoms with E-state index in [0.717, 1.165) is 12.1 Å². The van der Waals surface area contributed by atoms with Crippen molar-refractivity contribution in [3.8, 4) is 0 Å². The molecule has 1 aromatic carbocycles. The van der Waals surface area contributed by atoms with E-state index in [9.17, 15) is 10.1 Å². The first-order chi connectivity index (χ1) is 9.01. The zero-order chi connectivity index (χ0) is 14.0. The number of anilines is 2. The van der Waals surface area contributed by atoms with Crippen molar-refractivity contribution in [3.63, 3.8) is 0 Å². The molecule has 6 heteroatoms. The summed E-state index contributed by atoms with van der Waals surface area (Å²) in [6.07, 6.45) is 2.28. The van der Waals surface area contributed by atoms with Gasteiger partial charge in [-0.15, -0.1) is 0 Å². The molecule has 0 bridgehead atoms. The summed E-state index contributed by atoms with van der Waals surface area (Å²) in [5, 5.41) is 14.3. The number of nitrogens with one attached hydrogen (secondary N) is 2. The zero-order valence-corrected chi connectivity index (χ0v) is 11.2. The topological polar surface area (TPSA) is 93.2 Å². The minimum Gasteiger partial charge on any atom is -0.382 e. The van der Waals surface area contributed by atoms with Gasteiger partial charge in [-0.25, -0.2) is 0 Å². The number of benzene rings is 1. The van der Waals surface area contributed by atoms with Gasteiger partial charge < -0.3 is 10.7 Å². The number of hydrogen-bond acceptors (Lipinski definition) is 5. The van der Waals surface area contributed by atoms with Gasteiger partial charge in [0.1, 0.15) is 0 Å². The molecule has 3 atom stereocenters. The number of nitrogens with zero attached hydrogens (tertiary/aromatic N) is 1. The molecule has 3 unspecified atom stereocenters. The van der Waals surface area contributed by atoms with Gasteiger partial charge in [0.15, 0.2) is 0 Å². The van der Waals surface area contributed by atoms with Crippen molar-refractivity contribution in [1.29, 1.82) is 0 Å². The second kappa shape index (κ2) is 5.44. The van der Waals surface area contributed by atoms with Crippen LogP contribution < -0.4 is 16.6 Å². The van der Waals surface area contributed by atoms with Crippen molar-refractivity contribution in [1.82, 2.24) is 0 Å². The lowest BCUT2D eigenvalue weighted by Crippen LogP contribution is -2.24. The Morgan fingerprint density at radius 2 is 1.95 bits per heavy atom. The van der Waals surface area contributed by atoms with E-state index in [4.69, 9.17) is 5.84 Å². The van der Waals surface area contributed by atoms with E-state index in [2.05, 4.69) is 24.6 Å². The van der Waals surface area contributed by atoms with E-state index in [1.54, 1.807) is 12.1 Å². The van der Waals surface area contributed by atoms with Crippen LogP contribution in [0.25, 0.3) is 0 Å². The Balaban J connectivity index is 2.20. The molecule has 1 fully saturated rings. The van der Waals surface area contributed by atoms with E-state index in [-0.39, 0.29) is 5.69 Å². The molecule has 0 aliphatic heterocycles. The average Bonchev–Trinajstić information content (AvgIpc) is 2.70. The molecular formula is C13H20N4O2. The highest BCUT2D eigenvalue weighted by atomic mass is 16.6. The second-order valence-corrected chi connectivity index (χ2v) is 5.33. The van der Waals surface area contributed by atoms with Crippen molar-refractivity contribution >= 4 is 17.1 Å². The van der Waals surface area contributed by atoms with Crippen LogP contribution in [0.2, 0.25) is 0 Å². The fourth-order valence-corrected chi connectivity index (χ4v) is 2.67.